The Labute approximate surface area is 150 Å². The highest BCUT2D eigenvalue weighted by molar-refractivity contribution is 5.59. The molecule has 2 heterocycles. The number of aromatic nitrogens is 2. The number of nitrogens with zero attached hydrogens (tertiary/aromatic N) is 2. The maximum atomic E-state index is 2.51. The van der Waals surface area contributed by atoms with E-state index in [9.17, 15) is 0 Å². The van der Waals surface area contributed by atoms with Gasteiger partial charge in [0.2, 0.25) is 0 Å². The van der Waals surface area contributed by atoms with Crippen LogP contribution in [0.1, 0.15) is 23.4 Å². The molecule has 0 saturated heterocycles. The van der Waals surface area contributed by atoms with Gasteiger partial charge in [-0.2, -0.15) is 0 Å². The van der Waals surface area contributed by atoms with Gasteiger partial charge in [0.05, 0.1) is 19.5 Å². The van der Waals surface area contributed by atoms with Crippen LogP contribution in [-0.2, 0) is 25.9 Å². The van der Waals surface area contributed by atoms with Gasteiger partial charge in [-0.1, -0.05) is 60.2 Å². The van der Waals surface area contributed by atoms with Crippen molar-refractivity contribution in [1.29, 1.82) is 0 Å². The highest BCUT2D eigenvalue weighted by atomic mass is 35.5. The van der Waals surface area contributed by atoms with Crippen molar-refractivity contribution in [2.75, 3.05) is 0 Å². The molecule has 0 bridgehead atoms. The molecule has 4 rings (SSSR count). The Morgan fingerprint density at radius 3 is 2.50 bits per heavy atom. The number of rotatable bonds is 4. The lowest BCUT2D eigenvalue weighted by Crippen LogP contribution is -3.00. The van der Waals surface area contributed by atoms with E-state index in [0.29, 0.717) is 0 Å². The first kappa shape index (κ1) is 16.8. The Kier molecular flexibility index (Phi) is 5.06. The number of aryl methyl sites for hydroxylation is 3. The van der Waals surface area contributed by atoms with Gasteiger partial charge in [-0.3, -0.25) is 0 Å². The molecule has 0 saturated carbocycles. The predicted octanol–water partition coefficient (Wildman–Crippen LogP) is 0.944. The highest BCUT2D eigenvalue weighted by Gasteiger charge is 2.28. The summed E-state index contributed by atoms with van der Waals surface area (Å²) in [5, 5.41) is 0. The van der Waals surface area contributed by atoms with Crippen LogP contribution in [0.5, 0.6) is 0 Å². The fourth-order valence-corrected chi connectivity index (χ4v) is 3.55. The van der Waals surface area contributed by atoms with Gasteiger partial charge < -0.3 is 12.4 Å². The first-order chi connectivity index (χ1) is 11.3. The number of hydrogen-bond acceptors (Lipinski definition) is 0. The summed E-state index contributed by atoms with van der Waals surface area (Å²) in [5.74, 6) is 1.48. The van der Waals surface area contributed by atoms with Gasteiger partial charge in [-0.05, 0) is 18.9 Å². The Balaban J connectivity index is 0.00000169. The summed E-state index contributed by atoms with van der Waals surface area (Å²) in [6.07, 6.45) is 5.90. The van der Waals surface area contributed by atoms with E-state index in [-0.39, 0.29) is 12.4 Å². The van der Waals surface area contributed by atoms with E-state index in [2.05, 4.69) is 76.9 Å². The van der Waals surface area contributed by atoms with E-state index < -0.39 is 0 Å². The minimum atomic E-state index is 0. The van der Waals surface area contributed by atoms with Crippen LogP contribution >= 0.6 is 0 Å². The molecular formula is C21H23ClN2. The Bertz CT molecular complexity index is 804. The third-order valence-corrected chi connectivity index (χ3v) is 4.83. The minimum absolute atomic E-state index is 0. The van der Waals surface area contributed by atoms with Crippen molar-refractivity contribution >= 4 is 0 Å². The van der Waals surface area contributed by atoms with Gasteiger partial charge in [0, 0.05) is 12.0 Å². The summed E-state index contributed by atoms with van der Waals surface area (Å²) < 4.78 is 4.98. The molecule has 0 radical (unpaired) electrons. The van der Waals surface area contributed by atoms with E-state index in [1.807, 2.05) is 0 Å². The molecule has 2 nitrogen and oxygen atoms in total. The second-order valence-electron chi connectivity index (χ2n) is 6.48. The molecule has 0 unspecified atom stereocenters. The fraction of sp³-hybridized carbons (Fsp3) is 0.286. The summed E-state index contributed by atoms with van der Waals surface area (Å²) in [6, 6.07) is 19.7. The molecule has 2 aromatic carbocycles. The summed E-state index contributed by atoms with van der Waals surface area (Å²) >= 11 is 0. The van der Waals surface area contributed by atoms with E-state index in [4.69, 9.17) is 0 Å². The molecule has 0 fully saturated rings. The Hall–Kier alpha value is -2.06. The molecule has 24 heavy (non-hydrogen) atoms. The van der Waals surface area contributed by atoms with Gasteiger partial charge in [-0.25, -0.2) is 9.13 Å². The summed E-state index contributed by atoms with van der Waals surface area (Å²) in [5.41, 5.74) is 5.43. The van der Waals surface area contributed by atoms with Crippen LogP contribution in [0.25, 0.3) is 11.3 Å². The normalized spacial score (nSPS) is 12.7. The zero-order valence-electron chi connectivity index (χ0n) is 14.1. The first-order valence-electron chi connectivity index (χ1n) is 8.54. The number of halogens is 1. The smallest absolute Gasteiger partial charge is 0.257 e. The summed E-state index contributed by atoms with van der Waals surface area (Å²) in [6.45, 7) is 4.36. The number of fused-ring (bicyclic) bond motifs is 1. The van der Waals surface area contributed by atoms with Crippen LogP contribution in [-0.4, -0.2) is 4.57 Å². The quantitative estimate of drug-likeness (QED) is 0.626. The Morgan fingerprint density at radius 1 is 1.00 bits per heavy atom. The first-order valence-corrected chi connectivity index (χ1v) is 8.54. The Morgan fingerprint density at radius 2 is 1.75 bits per heavy atom. The van der Waals surface area contributed by atoms with Gasteiger partial charge in [-0.15, -0.1) is 0 Å². The summed E-state index contributed by atoms with van der Waals surface area (Å²) in [7, 11) is 0. The van der Waals surface area contributed by atoms with Crippen LogP contribution in [0.15, 0.2) is 60.8 Å². The molecule has 1 aromatic heterocycles. The van der Waals surface area contributed by atoms with E-state index in [1.54, 1.807) is 0 Å². The second kappa shape index (κ2) is 7.23. The van der Waals surface area contributed by atoms with Crippen LogP contribution in [0, 0.1) is 6.92 Å². The largest absolute Gasteiger partial charge is 1.00 e. The lowest BCUT2D eigenvalue weighted by atomic mass is 10.1. The van der Waals surface area contributed by atoms with Gasteiger partial charge in [0.1, 0.15) is 6.20 Å². The number of benzene rings is 2. The topological polar surface area (TPSA) is 8.81 Å². The van der Waals surface area contributed by atoms with Crippen LogP contribution in [0.4, 0.5) is 0 Å². The predicted molar refractivity (Wildman–Crippen MR) is 93.3 cm³/mol. The van der Waals surface area contributed by atoms with Gasteiger partial charge in [0.15, 0.2) is 5.69 Å². The van der Waals surface area contributed by atoms with E-state index in [1.165, 1.54) is 41.1 Å². The van der Waals surface area contributed by atoms with Crippen molar-refractivity contribution in [3.05, 3.63) is 77.7 Å². The van der Waals surface area contributed by atoms with Crippen molar-refractivity contribution in [2.24, 2.45) is 0 Å². The van der Waals surface area contributed by atoms with Crippen LogP contribution in [0.2, 0.25) is 0 Å². The van der Waals surface area contributed by atoms with Crippen LogP contribution in [0.3, 0.4) is 0 Å². The third kappa shape index (κ3) is 3.25. The van der Waals surface area contributed by atoms with Crippen molar-refractivity contribution in [1.82, 2.24) is 4.57 Å². The van der Waals surface area contributed by atoms with Gasteiger partial charge >= 0.3 is 0 Å². The zero-order valence-corrected chi connectivity index (χ0v) is 14.8. The van der Waals surface area contributed by atoms with Crippen molar-refractivity contribution in [3.63, 3.8) is 0 Å². The molecule has 0 amide bonds. The minimum Gasteiger partial charge on any atom is -1.00 e. The molecule has 0 atom stereocenters. The van der Waals surface area contributed by atoms with Crippen molar-refractivity contribution in [2.45, 2.75) is 39.3 Å². The number of imidazole rings is 1. The molecule has 124 valence electrons. The average Bonchev–Trinajstić information content (AvgIpc) is 3.18. The fourth-order valence-electron chi connectivity index (χ4n) is 3.55. The molecule has 3 aromatic rings. The zero-order chi connectivity index (χ0) is 15.6. The summed E-state index contributed by atoms with van der Waals surface area (Å²) in [4.78, 5) is 0. The maximum Gasteiger partial charge on any atom is 0.257 e. The van der Waals surface area contributed by atoms with Gasteiger partial charge in [0.25, 0.3) is 5.82 Å². The van der Waals surface area contributed by atoms with E-state index in [0.717, 1.165) is 19.5 Å². The second-order valence-corrected chi connectivity index (χ2v) is 6.48. The molecule has 3 heteroatoms. The third-order valence-electron chi connectivity index (χ3n) is 4.83. The lowest BCUT2D eigenvalue weighted by molar-refractivity contribution is -0.702. The molecule has 0 aliphatic carbocycles. The average molecular weight is 339 g/mol. The highest BCUT2D eigenvalue weighted by Crippen LogP contribution is 2.25. The lowest BCUT2D eigenvalue weighted by Gasteiger charge is -2.00. The SMILES string of the molecule is Cc1ccc(-c2c[n+](CCc3ccccc3)c3n2CCC3)cc1.[Cl-]. The standard InChI is InChI=1S/C21H23N2.ClH/c1-17-9-11-19(12-10-17)20-16-22(21-8-5-14-23(20)21)15-13-18-6-3-2-4-7-18;/h2-4,6-7,9-12,16H,5,8,13-15H2,1H3;1H/q+1;/p-1. The molecular weight excluding hydrogens is 316 g/mol. The number of hydrogen-bond donors (Lipinski definition) is 0. The van der Waals surface area contributed by atoms with Crippen molar-refractivity contribution in [3.8, 4) is 11.3 Å². The molecule has 1 aliphatic rings. The maximum absolute atomic E-state index is 2.51. The van der Waals surface area contributed by atoms with E-state index >= 15 is 0 Å². The molecule has 1 aliphatic heterocycles. The van der Waals surface area contributed by atoms with Crippen molar-refractivity contribution < 1.29 is 17.0 Å². The molecule has 0 N–H and O–H groups in total. The molecule has 0 spiro atoms. The van der Waals surface area contributed by atoms with Crippen LogP contribution < -0.4 is 17.0 Å². The monoisotopic (exact) mass is 338 g/mol.